The Labute approximate surface area is 161 Å². The van der Waals surface area contributed by atoms with E-state index in [1.165, 1.54) is 25.0 Å². The fourth-order valence-electron chi connectivity index (χ4n) is 2.37. The van der Waals surface area contributed by atoms with E-state index in [0.717, 1.165) is 17.3 Å². The molecule has 5 nitrogen and oxygen atoms in total. The van der Waals surface area contributed by atoms with Crippen LogP contribution in [0.3, 0.4) is 0 Å². The Morgan fingerprint density at radius 1 is 1.04 bits per heavy atom. The molecule has 2 rings (SSSR count). The number of ether oxygens (including phenoxy) is 1. The van der Waals surface area contributed by atoms with Crippen molar-refractivity contribution in [3.05, 3.63) is 58.1 Å². The number of rotatable bonds is 9. The Morgan fingerprint density at radius 2 is 1.73 bits per heavy atom. The van der Waals surface area contributed by atoms with Crippen LogP contribution in [0, 0.1) is 0 Å². The lowest BCUT2D eigenvalue weighted by Crippen LogP contribution is -2.12. The van der Waals surface area contributed by atoms with Crippen LogP contribution in [0.2, 0.25) is 0 Å². The summed E-state index contributed by atoms with van der Waals surface area (Å²) < 4.78 is 6.46. The molecule has 0 fully saturated rings. The smallest absolute Gasteiger partial charge is 0.335 e. The first-order chi connectivity index (χ1) is 12.5. The van der Waals surface area contributed by atoms with Gasteiger partial charge in [-0.2, -0.15) is 0 Å². The zero-order chi connectivity index (χ0) is 18.9. The van der Waals surface area contributed by atoms with Gasteiger partial charge in [0.25, 0.3) is 5.91 Å². The van der Waals surface area contributed by atoms with Gasteiger partial charge < -0.3 is 15.2 Å². The molecule has 0 aromatic heterocycles. The summed E-state index contributed by atoms with van der Waals surface area (Å²) in [6, 6.07) is 11.2. The van der Waals surface area contributed by atoms with Gasteiger partial charge in [-0.3, -0.25) is 4.79 Å². The van der Waals surface area contributed by atoms with Gasteiger partial charge in [0.2, 0.25) is 0 Å². The highest BCUT2D eigenvalue weighted by Crippen LogP contribution is 2.26. The number of carboxylic acids is 1. The van der Waals surface area contributed by atoms with Crippen molar-refractivity contribution in [3.8, 4) is 5.75 Å². The van der Waals surface area contributed by atoms with Crippen molar-refractivity contribution in [3.63, 3.8) is 0 Å². The zero-order valence-electron chi connectivity index (χ0n) is 14.6. The van der Waals surface area contributed by atoms with Crippen LogP contribution >= 0.6 is 15.9 Å². The minimum absolute atomic E-state index is 0.172. The predicted molar refractivity (Wildman–Crippen MR) is 105 cm³/mol. The van der Waals surface area contributed by atoms with Gasteiger partial charge in [-0.25, -0.2) is 4.79 Å². The highest BCUT2D eigenvalue weighted by Gasteiger charge is 2.10. The monoisotopic (exact) mass is 419 g/mol. The zero-order valence-corrected chi connectivity index (χ0v) is 16.2. The van der Waals surface area contributed by atoms with Gasteiger partial charge in [0.05, 0.1) is 16.6 Å². The summed E-state index contributed by atoms with van der Waals surface area (Å²) in [5, 5.41) is 11.6. The number of amides is 1. The van der Waals surface area contributed by atoms with Crippen molar-refractivity contribution in [2.24, 2.45) is 0 Å². The number of hydrogen-bond acceptors (Lipinski definition) is 3. The summed E-state index contributed by atoms with van der Waals surface area (Å²) in [6.07, 6.45) is 4.55. The van der Waals surface area contributed by atoms with E-state index in [1.807, 2.05) is 0 Å². The molecule has 0 saturated heterocycles. The standard InChI is InChI=1S/C20H22BrNO4/c1-2-3-4-5-12-26-18-11-8-15(13-17(18)21)19(23)22-16-9-6-14(7-10-16)20(24)25/h6-11,13H,2-5,12H2,1H3,(H,22,23)(H,24,25). The van der Waals surface area contributed by atoms with E-state index in [0.29, 0.717) is 23.6 Å². The van der Waals surface area contributed by atoms with E-state index < -0.39 is 5.97 Å². The maximum Gasteiger partial charge on any atom is 0.335 e. The van der Waals surface area contributed by atoms with Crippen molar-refractivity contribution in [2.45, 2.75) is 32.6 Å². The molecule has 2 aromatic rings. The van der Waals surface area contributed by atoms with Crippen LogP contribution in [-0.2, 0) is 0 Å². The third-order valence-corrected chi connectivity index (χ3v) is 4.46. The van der Waals surface area contributed by atoms with Crippen molar-refractivity contribution in [1.29, 1.82) is 0 Å². The number of halogens is 1. The Bertz CT molecular complexity index is 759. The van der Waals surface area contributed by atoms with Gasteiger partial charge in [0.1, 0.15) is 5.75 Å². The predicted octanol–water partition coefficient (Wildman–Crippen LogP) is 5.36. The van der Waals surface area contributed by atoms with E-state index in [2.05, 4.69) is 28.2 Å². The van der Waals surface area contributed by atoms with Crippen molar-refractivity contribution < 1.29 is 19.4 Å². The number of carbonyl (C=O) groups is 2. The number of benzene rings is 2. The maximum absolute atomic E-state index is 12.3. The lowest BCUT2D eigenvalue weighted by molar-refractivity contribution is 0.0696. The SMILES string of the molecule is CCCCCCOc1ccc(C(=O)Nc2ccc(C(=O)O)cc2)cc1Br. The summed E-state index contributed by atoms with van der Waals surface area (Å²) >= 11 is 3.44. The molecule has 1 amide bonds. The van der Waals surface area contributed by atoms with Gasteiger partial charge in [0, 0.05) is 11.3 Å². The highest BCUT2D eigenvalue weighted by molar-refractivity contribution is 9.10. The van der Waals surface area contributed by atoms with Gasteiger partial charge >= 0.3 is 5.97 Å². The molecule has 138 valence electrons. The van der Waals surface area contributed by atoms with Crippen LogP contribution in [0.1, 0.15) is 53.3 Å². The topological polar surface area (TPSA) is 75.6 Å². The summed E-state index contributed by atoms with van der Waals surface area (Å²) in [7, 11) is 0. The summed E-state index contributed by atoms with van der Waals surface area (Å²) in [5.74, 6) is -0.566. The molecule has 0 bridgehead atoms. The number of aromatic carboxylic acids is 1. The molecular formula is C20H22BrNO4. The molecule has 0 spiro atoms. The van der Waals surface area contributed by atoms with E-state index in [4.69, 9.17) is 9.84 Å². The first kappa shape index (κ1) is 20.0. The molecule has 0 saturated carbocycles. The number of nitrogens with one attached hydrogen (secondary N) is 1. The molecule has 0 heterocycles. The third kappa shape index (κ3) is 5.88. The molecule has 26 heavy (non-hydrogen) atoms. The van der Waals surface area contributed by atoms with Gasteiger partial charge in [-0.05, 0) is 64.8 Å². The van der Waals surface area contributed by atoms with Gasteiger partial charge in [0.15, 0.2) is 0 Å². The normalized spacial score (nSPS) is 10.4. The average molecular weight is 420 g/mol. The molecule has 0 unspecified atom stereocenters. The lowest BCUT2D eigenvalue weighted by Gasteiger charge is -2.10. The first-order valence-electron chi connectivity index (χ1n) is 8.58. The molecule has 0 aliphatic rings. The van der Waals surface area contributed by atoms with Crippen LogP contribution in [-0.4, -0.2) is 23.6 Å². The van der Waals surface area contributed by atoms with E-state index in [9.17, 15) is 9.59 Å². The van der Waals surface area contributed by atoms with Crippen molar-refractivity contribution in [2.75, 3.05) is 11.9 Å². The second kappa shape index (κ2) is 9.97. The quantitative estimate of drug-likeness (QED) is 0.536. The fraction of sp³-hybridized carbons (Fsp3) is 0.300. The summed E-state index contributed by atoms with van der Waals surface area (Å²) in [6.45, 7) is 2.82. The van der Waals surface area contributed by atoms with Crippen LogP contribution in [0.4, 0.5) is 5.69 Å². The number of anilines is 1. The lowest BCUT2D eigenvalue weighted by atomic mass is 10.1. The van der Waals surface area contributed by atoms with Crippen LogP contribution < -0.4 is 10.1 Å². The molecule has 0 aliphatic heterocycles. The Morgan fingerprint density at radius 3 is 2.35 bits per heavy atom. The Hall–Kier alpha value is -2.34. The molecule has 0 aliphatic carbocycles. The van der Waals surface area contributed by atoms with Crippen molar-refractivity contribution >= 4 is 33.5 Å². The van der Waals surface area contributed by atoms with Crippen molar-refractivity contribution in [1.82, 2.24) is 0 Å². The molecule has 2 aromatic carbocycles. The van der Waals surface area contributed by atoms with Crippen LogP contribution in [0.25, 0.3) is 0 Å². The number of unbranched alkanes of at least 4 members (excludes halogenated alkanes) is 3. The molecular weight excluding hydrogens is 398 g/mol. The maximum atomic E-state index is 12.3. The summed E-state index contributed by atoms with van der Waals surface area (Å²) in [4.78, 5) is 23.2. The number of hydrogen-bond donors (Lipinski definition) is 2. The van der Waals surface area contributed by atoms with Gasteiger partial charge in [-0.1, -0.05) is 26.2 Å². The average Bonchev–Trinajstić information content (AvgIpc) is 2.63. The van der Waals surface area contributed by atoms with E-state index in [1.54, 1.807) is 30.3 Å². The largest absolute Gasteiger partial charge is 0.492 e. The first-order valence-corrected chi connectivity index (χ1v) is 9.37. The third-order valence-electron chi connectivity index (χ3n) is 3.84. The van der Waals surface area contributed by atoms with Crippen LogP contribution in [0.15, 0.2) is 46.9 Å². The second-order valence-corrected chi connectivity index (χ2v) is 6.75. The number of carboxylic acid groups (broad SMARTS) is 1. The number of carbonyl (C=O) groups excluding carboxylic acids is 1. The summed E-state index contributed by atoms with van der Waals surface area (Å²) in [5.41, 5.74) is 1.19. The fourth-order valence-corrected chi connectivity index (χ4v) is 2.86. The van der Waals surface area contributed by atoms with E-state index in [-0.39, 0.29) is 11.5 Å². The van der Waals surface area contributed by atoms with E-state index >= 15 is 0 Å². The minimum Gasteiger partial charge on any atom is -0.492 e. The Balaban J connectivity index is 1.94. The molecule has 0 radical (unpaired) electrons. The van der Waals surface area contributed by atoms with Crippen LogP contribution in [0.5, 0.6) is 5.75 Å². The molecule has 6 heteroatoms. The second-order valence-electron chi connectivity index (χ2n) is 5.89. The van der Waals surface area contributed by atoms with Gasteiger partial charge in [-0.15, -0.1) is 0 Å². The minimum atomic E-state index is -1.00. The molecule has 0 atom stereocenters. The Kier molecular flexibility index (Phi) is 7.66. The highest BCUT2D eigenvalue weighted by atomic mass is 79.9. The molecule has 2 N–H and O–H groups in total.